The van der Waals surface area contributed by atoms with Gasteiger partial charge in [-0.1, -0.05) is 26.8 Å². The smallest absolute Gasteiger partial charge is 0.245 e. The zero-order valence-corrected chi connectivity index (χ0v) is 20.3. The molecule has 4 heterocycles. The Morgan fingerprint density at radius 2 is 2.00 bits per heavy atom. The van der Waals surface area contributed by atoms with Gasteiger partial charge in [-0.15, -0.1) is 22.7 Å². The first-order valence-corrected chi connectivity index (χ1v) is 12.8. The average molecular weight is 461 g/mol. The van der Waals surface area contributed by atoms with Gasteiger partial charge in [-0.2, -0.15) is 0 Å². The number of nitrogens with zero attached hydrogens (tertiary/aromatic N) is 4. The molecule has 168 valence electrons. The lowest BCUT2D eigenvalue weighted by Crippen LogP contribution is -2.47. The molecule has 2 aliphatic rings. The van der Waals surface area contributed by atoms with Crippen LogP contribution in [0.4, 0.5) is 0 Å². The molecule has 0 spiro atoms. The summed E-state index contributed by atoms with van der Waals surface area (Å²) in [7, 11) is 0. The Kier molecular flexibility index (Phi) is 6.79. The number of aromatic nitrogens is 1. The van der Waals surface area contributed by atoms with Crippen LogP contribution in [0.2, 0.25) is 0 Å². The predicted octanol–water partition coefficient (Wildman–Crippen LogP) is 3.73. The van der Waals surface area contributed by atoms with E-state index in [4.69, 9.17) is 4.98 Å². The fraction of sp³-hybridized carbons (Fsp3) is 0.609. The average Bonchev–Trinajstić information content (AvgIpc) is 3.43. The third kappa shape index (κ3) is 5.35. The molecule has 2 amide bonds. The summed E-state index contributed by atoms with van der Waals surface area (Å²) in [6.45, 7) is 11.3. The van der Waals surface area contributed by atoms with Gasteiger partial charge in [-0.3, -0.25) is 14.5 Å². The van der Waals surface area contributed by atoms with Crippen molar-refractivity contribution in [1.82, 2.24) is 19.7 Å². The van der Waals surface area contributed by atoms with Gasteiger partial charge in [0, 0.05) is 54.8 Å². The van der Waals surface area contributed by atoms with Crippen LogP contribution in [0.3, 0.4) is 0 Å². The molecule has 0 saturated carbocycles. The van der Waals surface area contributed by atoms with Crippen LogP contribution in [-0.4, -0.2) is 63.7 Å². The first-order chi connectivity index (χ1) is 14.8. The number of rotatable bonds is 5. The van der Waals surface area contributed by atoms with E-state index in [1.807, 2.05) is 22.4 Å². The Morgan fingerprint density at radius 3 is 2.71 bits per heavy atom. The first-order valence-electron chi connectivity index (χ1n) is 11.1. The van der Waals surface area contributed by atoms with Gasteiger partial charge in [-0.05, 0) is 24.3 Å². The van der Waals surface area contributed by atoms with E-state index in [9.17, 15) is 9.59 Å². The van der Waals surface area contributed by atoms with Gasteiger partial charge in [0.2, 0.25) is 11.8 Å². The highest BCUT2D eigenvalue weighted by Gasteiger charge is 2.38. The van der Waals surface area contributed by atoms with Crippen molar-refractivity contribution in [2.24, 2.45) is 0 Å². The quantitative estimate of drug-likeness (QED) is 0.682. The van der Waals surface area contributed by atoms with Gasteiger partial charge in [-0.25, -0.2) is 4.98 Å². The van der Waals surface area contributed by atoms with Crippen LogP contribution in [-0.2, 0) is 28.1 Å². The second-order valence-corrected chi connectivity index (χ2v) is 11.4. The van der Waals surface area contributed by atoms with Crippen molar-refractivity contribution >= 4 is 34.5 Å². The molecule has 2 fully saturated rings. The fourth-order valence-electron chi connectivity index (χ4n) is 4.27. The standard InChI is InChI=1S/C23H32N4O2S2/c1-23(2,3)22-24-17(16-31-22)14-25-9-5-10-26(12-11-25)21(29)19-7-8-20(28)27(19)15-18-6-4-13-30-18/h4,6,13,16,19H,5,7-12,14-15H2,1-3H3. The molecular weight excluding hydrogens is 428 g/mol. The van der Waals surface area contributed by atoms with Gasteiger partial charge >= 0.3 is 0 Å². The number of hydrogen-bond donors (Lipinski definition) is 0. The van der Waals surface area contributed by atoms with E-state index < -0.39 is 0 Å². The van der Waals surface area contributed by atoms with Crippen LogP contribution >= 0.6 is 22.7 Å². The summed E-state index contributed by atoms with van der Waals surface area (Å²) in [4.78, 5) is 37.9. The van der Waals surface area contributed by atoms with Crippen molar-refractivity contribution < 1.29 is 9.59 Å². The third-order valence-corrected chi connectivity index (χ3v) is 8.18. The van der Waals surface area contributed by atoms with Crippen LogP contribution in [0.5, 0.6) is 0 Å². The Hall–Kier alpha value is -1.77. The molecular formula is C23H32N4O2S2. The molecule has 0 aliphatic carbocycles. The molecule has 6 nitrogen and oxygen atoms in total. The molecule has 2 aliphatic heterocycles. The molecule has 0 bridgehead atoms. The highest BCUT2D eigenvalue weighted by Crippen LogP contribution is 2.27. The third-order valence-electron chi connectivity index (χ3n) is 6.00. The number of carbonyl (C=O) groups excluding carboxylic acids is 2. The van der Waals surface area contributed by atoms with Gasteiger partial charge in [0.1, 0.15) is 6.04 Å². The van der Waals surface area contributed by atoms with E-state index in [1.54, 1.807) is 27.6 Å². The van der Waals surface area contributed by atoms with E-state index in [0.29, 0.717) is 25.9 Å². The Balaban J connectivity index is 1.35. The number of carbonyl (C=O) groups is 2. The summed E-state index contributed by atoms with van der Waals surface area (Å²) < 4.78 is 0. The van der Waals surface area contributed by atoms with Crippen LogP contribution in [0, 0.1) is 0 Å². The minimum atomic E-state index is -0.311. The summed E-state index contributed by atoms with van der Waals surface area (Å²) in [5, 5.41) is 5.36. The predicted molar refractivity (Wildman–Crippen MR) is 125 cm³/mol. The van der Waals surface area contributed by atoms with Crippen molar-refractivity contribution in [2.45, 2.75) is 64.6 Å². The summed E-state index contributed by atoms with van der Waals surface area (Å²) in [5.41, 5.74) is 1.21. The summed E-state index contributed by atoms with van der Waals surface area (Å²) in [6.07, 6.45) is 2.06. The SMILES string of the molecule is CC(C)(C)c1nc(CN2CCCN(C(=O)C3CCC(=O)N3Cc3cccs3)CC2)cs1. The van der Waals surface area contributed by atoms with Crippen LogP contribution in [0.15, 0.2) is 22.9 Å². The monoisotopic (exact) mass is 460 g/mol. The van der Waals surface area contributed by atoms with Crippen molar-refractivity contribution in [3.63, 3.8) is 0 Å². The van der Waals surface area contributed by atoms with Crippen molar-refractivity contribution in [2.75, 3.05) is 26.2 Å². The molecule has 0 aromatic carbocycles. The number of thiazole rings is 1. The normalized spacial score (nSPS) is 21.0. The zero-order valence-electron chi connectivity index (χ0n) is 18.7. The number of thiophene rings is 1. The maximum Gasteiger partial charge on any atom is 0.245 e. The van der Waals surface area contributed by atoms with E-state index >= 15 is 0 Å². The van der Waals surface area contributed by atoms with E-state index in [1.165, 1.54) is 5.01 Å². The van der Waals surface area contributed by atoms with Gasteiger partial charge in [0.25, 0.3) is 0 Å². The van der Waals surface area contributed by atoms with E-state index in [0.717, 1.165) is 43.2 Å². The highest BCUT2D eigenvalue weighted by atomic mass is 32.1. The molecule has 31 heavy (non-hydrogen) atoms. The van der Waals surface area contributed by atoms with Crippen LogP contribution in [0.1, 0.15) is 55.6 Å². The number of hydrogen-bond acceptors (Lipinski definition) is 6. The Labute approximate surface area is 192 Å². The molecule has 2 aromatic rings. The Morgan fingerprint density at radius 1 is 1.16 bits per heavy atom. The van der Waals surface area contributed by atoms with Crippen molar-refractivity contribution in [3.8, 4) is 0 Å². The molecule has 0 radical (unpaired) electrons. The number of likely N-dealkylation sites (tertiary alicyclic amines) is 1. The minimum Gasteiger partial charge on any atom is -0.340 e. The molecule has 2 saturated heterocycles. The minimum absolute atomic E-state index is 0.0820. The molecule has 1 atom stereocenters. The van der Waals surface area contributed by atoms with Gasteiger partial charge in [0.15, 0.2) is 0 Å². The molecule has 4 rings (SSSR count). The lowest BCUT2D eigenvalue weighted by atomic mass is 9.98. The molecule has 8 heteroatoms. The topological polar surface area (TPSA) is 56.8 Å². The number of amides is 2. The Bertz CT molecular complexity index is 903. The lowest BCUT2D eigenvalue weighted by molar-refractivity contribution is -0.141. The first kappa shape index (κ1) is 22.4. The summed E-state index contributed by atoms with van der Waals surface area (Å²) >= 11 is 3.37. The molecule has 0 N–H and O–H groups in total. The molecule has 1 unspecified atom stereocenters. The second-order valence-electron chi connectivity index (χ2n) is 9.50. The van der Waals surface area contributed by atoms with Crippen LogP contribution in [0.25, 0.3) is 0 Å². The fourth-order valence-corrected chi connectivity index (χ4v) is 5.87. The maximum atomic E-state index is 13.3. The van der Waals surface area contributed by atoms with E-state index in [-0.39, 0.29) is 23.3 Å². The second kappa shape index (κ2) is 9.38. The maximum absolute atomic E-state index is 13.3. The summed E-state index contributed by atoms with van der Waals surface area (Å²) in [5.74, 6) is 0.217. The summed E-state index contributed by atoms with van der Waals surface area (Å²) in [6, 6.07) is 3.72. The molecule has 2 aromatic heterocycles. The van der Waals surface area contributed by atoms with Crippen molar-refractivity contribution in [1.29, 1.82) is 0 Å². The van der Waals surface area contributed by atoms with Crippen LogP contribution < -0.4 is 0 Å². The van der Waals surface area contributed by atoms with E-state index in [2.05, 4.69) is 31.1 Å². The van der Waals surface area contributed by atoms with Crippen molar-refractivity contribution in [3.05, 3.63) is 38.5 Å². The zero-order chi connectivity index (χ0) is 22.0. The highest BCUT2D eigenvalue weighted by molar-refractivity contribution is 7.10. The lowest BCUT2D eigenvalue weighted by Gasteiger charge is -2.29. The van der Waals surface area contributed by atoms with Gasteiger partial charge in [0.05, 0.1) is 17.2 Å². The van der Waals surface area contributed by atoms with Gasteiger partial charge < -0.3 is 9.80 Å². The largest absolute Gasteiger partial charge is 0.340 e.